The van der Waals surface area contributed by atoms with Crippen LogP contribution in [0, 0.1) is 5.92 Å². The molecule has 1 saturated heterocycles. The highest BCUT2D eigenvalue weighted by molar-refractivity contribution is 8.18. The molecule has 6 rings (SSSR count). The number of aliphatic imine (C=N–C) groups is 1. The molecular weight excluding hydrogens is 540 g/mol. The molecule has 8 heteroatoms. The molecule has 1 amide bonds. The maximum atomic E-state index is 12.9. The number of hydrogen-bond donors (Lipinski definition) is 0. The summed E-state index contributed by atoms with van der Waals surface area (Å²) in [6, 6.07) is 25.5. The molecular formula is C32H29ClN4O2S. The Morgan fingerprint density at radius 1 is 1.00 bits per heavy atom. The molecule has 0 saturated carbocycles. The van der Waals surface area contributed by atoms with Gasteiger partial charge in [-0.2, -0.15) is 10.1 Å². The highest BCUT2D eigenvalue weighted by Gasteiger charge is 2.28. The van der Waals surface area contributed by atoms with Crippen LogP contribution in [0.1, 0.15) is 30.9 Å². The van der Waals surface area contributed by atoms with E-state index >= 15 is 0 Å². The predicted molar refractivity (Wildman–Crippen MR) is 163 cm³/mol. The van der Waals surface area contributed by atoms with Gasteiger partial charge in [0.25, 0.3) is 5.91 Å². The van der Waals surface area contributed by atoms with Crippen molar-refractivity contribution in [1.82, 2.24) is 14.7 Å². The van der Waals surface area contributed by atoms with Crippen LogP contribution in [0.15, 0.2) is 95.0 Å². The van der Waals surface area contributed by atoms with Crippen molar-refractivity contribution in [3.63, 3.8) is 0 Å². The van der Waals surface area contributed by atoms with Gasteiger partial charge in [0.15, 0.2) is 5.17 Å². The molecule has 3 aromatic carbocycles. The number of aromatic nitrogens is 2. The lowest BCUT2D eigenvalue weighted by atomic mass is 10.00. The summed E-state index contributed by atoms with van der Waals surface area (Å²) >= 11 is 7.45. The molecule has 202 valence electrons. The highest BCUT2D eigenvalue weighted by Crippen LogP contribution is 2.35. The molecule has 1 aromatic heterocycles. The number of benzene rings is 3. The maximum absolute atomic E-state index is 12.9. The van der Waals surface area contributed by atoms with Gasteiger partial charge < -0.3 is 9.64 Å². The summed E-state index contributed by atoms with van der Waals surface area (Å²) in [4.78, 5) is 20.2. The minimum absolute atomic E-state index is 0.192. The minimum atomic E-state index is -0.192. The van der Waals surface area contributed by atoms with E-state index in [2.05, 4.69) is 16.8 Å². The highest BCUT2D eigenvalue weighted by atomic mass is 35.5. The van der Waals surface area contributed by atoms with Crippen LogP contribution in [-0.4, -0.2) is 38.8 Å². The topological polar surface area (TPSA) is 59.7 Å². The van der Waals surface area contributed by atoms with Crippen molar-refractivity contribution in [2.45, 2.75) is 26.4 Å². The third kappa shape index (κ3) is 6.01. The average Bonchev–Trinajstić information content (AvgIpc) is 3.57. The van der Waals surface area contributed by atoms with E-state index in [1.165, 1.54) is 11.8 Å². The number of hydrogen-bond acceptors (Lipinski definition) is 5. The number of likely N-dealkylation sites (tertiary alicyclic amines) is 1. The van der Waals surface area contributed by atoms with Gasteiger partial charge in [-0.15, -0.1) is 0 Å². The number of rotatable bonds is 6. The van der Waals surface area contributed by atoms with Crippen LogP contribution in [0.4, 0.5) is 0 Å². The van der Waals surface area contributed by atoms with Crippen molar-refractivity contribution in [3.8, 4) is 22.7 Å². The first kappa shape index (κ1) is 26.4. The fourth-order valence-electron chi connectivity index (χ4n) is 4.76. The van der Waals surface area contributed by atoms with Crippen LogP contribution in [0.3, 0.4) is 0 Å². The molecule has 0 atom stereocenters. The molecule has 3 heterocycles. The Morgan fingerprint density at radius 2 is 1.73 bits per heavy atom. The third-order valence-corrected chi connectivity index (χ3v) is 8.46. The van der Waals surface area contributed by atoms with Crippen LogP contribution in [-0.2, 0) is 11.4 Å². The molecule has 2 aliphatic heterocycles. The zero-order valence-corrected chi connectivity index (χ0v) is 23.7. The maximum Gasteiger partial charge on any atom is 0.286 e. The van der Waals surface area contributed by atoms with Crippen LogP contribution in [0.25, 0.3) is 23.0 Å². The summed E-state index contributed by atoms with van der Waals surface area (Å²) in [6.45, 7) is 4.62. The number of carbonyl (C=O) groups is 1. The monoisotopic (exact) mass is 568 g/mol. The Kier molecular flexibility index (Phi) is 7.75. The lowest BCUT2D eigenvalue weighted by molar-refractivity contribution is -0.113. The van der Waals surface area contributed by atoms with Crippen molar-refractivity contribution in [2.75, 3.05) is 13.1 Å². The molecule has 2 aliphatic rings. The fraction of sp³-hybridized carbons (Fsp3) is 0.219. The summed E-state index contributed by atoms with van der Waals surface area (Å²) in [7, 11) is 0. The van der Waals surface area contributed by atoms with Gasteiger partial charge in [-0.1, -0.05) is 48.9 Å². The molecule has 0 aliphatic carbocycles. The smallest absolute Gasteiger partial charge is 0.286 e. The van der Waals surface area contributed by atoms with Crippen molar-refractivity contribution in [2.24, 2.45) is 10.9 Å². The standard InChI is InChI=1S/C32H29ClN4O2S/c1-22-15-17-36(18-16-22)32-34-31(38)29(40-32)19-25-20-37(27-5-3-2-4-6-27)35-30(25)24-9-13-28(14-10-24)39-21-23-7-11-26(33)12-8-23/h2-14,19-20,22H,15-18,21H2,1H3/b29-19-. The number of piperidine rings is 1. The molecule has 4 aromatic rings. The van der Waals surface area contributed by atoms with Gasteiger partial charge in [0.05, 0.1) is 16.3 Å². The Balaban J connectivity index is 1.25. The normalized spacial score (nSPS) is 16.9. The average molecular weight is 569 g/mol. The van der Waals surface area contributed by atoms with Crippen LogP contribution >= 0.6 is 23.4 Å². The minimum Gasteiger partial charge on any atom is -0.489 e. The third-order valence-electron chi connectivity index (χ3n) is 7.16. The molecule has 0 bridgehead atoms. The Morgan fingerprint density at radius 3 is 2.45 bits per heavy atom. The van der Waals surface area contributed by atoms with Crippen molar-refractivity contribution in [3.05, 3.63) is 106 Å². The van der Waals surface area contributed by atoms with Gasteiger partial charge in [-0.25, -0.2) is 4.68 Å². The second-order valence-corrected chi connectivity index (χ2v) is 11.6. The summed E-state index contributed by atoms with van der Waals surface area (Å²) in [5.74, 6) is 1.29. The zero-order valence-electron chi connectivity index (χ0n) is 22.2. The first-order valence-corrected chi connectivity index (χ1v) is 14.6. The van der Waals surface area contributed by atoms with E-state index in [9.17, 15) is 4.79 Å². The Hall–Kier alpha value is -3.81. The lowest BCUT2D eigenvalue weighted by Gasteiger charge is -2.30. The number of thioether (sulfide) groups is 1. The van der Waals surface area contributed by atoms with Gasteiger partial charge in [0.2, 0.25) is 0 Å². The number of amides is 1. The van der Waals surface area contributed by atoms with E-state index in [4.69, 9.17) is 21.4 Å². The van der Waals surface area contributed by atoms with E-state index in [-0.39, 0.29) is 5.91 Å². The molecule has 0 unspecified atom stereocenters. The van der Waals surface area contributed by atoms with Crippen LogP contribution in [0.2, 0.25) is 5.02 Å². The number of amidine groups is 1. The number of ether oxygens (including phenoxy) is 1. The second-order valence-electron chi connectivity index (χ2n) is 10.1. The van der Waals surface area contributed by atoms with E-state index in [1.807, 2.05) is 95.8 Å². The van der Waals surface area contributed by atoms with Crippen LogP contribution < -0.4 is 4.74 Å². The predicted octanol–water partition coefficient (Wildman–Crippen LogP) is 7.47. The quantitative estimate of drug-likeness (QED) is 0.226. The molecule has 0 spiro atoms. The van der Waals surface area contributed by atoms with Crippen molar-refractivity contribution in [1.29, 1.82) is 0 Å². The summed E-state index contributed by atoms with van der Waals surface area (Å²) < 4.78 is 7.83. The number of para-hydroxylation sites is 1. The molecule has 0 radical (unpaired) electrons. The van der Waals surface area contributed by atoms with E-state index in [0.717, 1.165) is 70.8 Å². The van der Waals surface area contributed by atoms with Gasteiger partial charge in [0, 0.05) is 35.4 Å². The van der Waals surface area contributed by atoms with Gasteiger partial charge in [-0.3, -0.25) is 4.79 Å². The largest absolute Gasteiger partial charge is 0.489 e. The number of carbonyl (C=O) groups excluding carboxylic acids is 1. The van der Waals surface area contributed by atoms with Crippen molar-refractivity contribution < 1.29 is 9.53 Å². The zero-order chi connectivity index (χ0) is 27.5. The summed E-state index contributed by atoms with van der Waals surface area (Å²) in [5, 5.41) is 6.43. The summed E-state index contributed by atoms with van der Waals surface area (Å²) in [5.41, 5.74) is 4.57. The SMILES string of the molecule is CC1CCN(C2=NC(=O)/C(=C/c3cn(-c4ccccc4)nc3-c3ccc(OCc4ccc(Cl)cc4)cc3)S2)CC1. The Labute approximate surface area is 243 Å². The molecule has 0 N–H and O–H groups in total. The molecule has 40 heavy (non-hydrogen) atoms. The van der Waals surface area contributed by atoms with Gasteiger partial charge in [-0.05, 0) is 90.7 Å². The fourth-order valence-corrected chi connectivity index (χ4v) is 5.84. The van der Waals surface area contributed by atoms with Gasteiger partial charge in [0.1, 0.15) is 12.4 Å². The van der Waals surface area contributed by atoms with Crippen molar-refractivity contribution >= 4 is 40.5 Å². The second kappa shape index (κ2) is 11.7. The van der Waals surface area contributed by atoms with E-state index in [1.54, 1.807) is 0 Å². The van der Waals surface area contributed by atoms with E-state index < -0.39 is 0 Å². The van der Waals surface area contributed by atoms with E-state index in [0.29, 0.717) is 16.5 Å². The van der Waals surface area contributed by atoms with Crippen LogP contribution in [0.5, 0.6) is 5.75 Å². The number of halogens is 1. The Bertz CT molecular complexity index is 1550. The van der Waals surface area contributed by atoms with Gasteiger partial charge >= 0.3 is 0 Å². The molecule has 1 fully saturated rings. The first-order chi connectivity index (χ1) is 19.5. The molecule has 6 nitrogen and oxygen atoms in total. The number of nitrogens with zero attached hydrogens (tertiary/aromatic N) is 4. The first-order valence-electron chi connectivity index (χ1n) is 13.4. The lowest BCUT2D eigenvalue weighted by Crippen LogP contribution is -2.35. The summed E-state index contributed by atoms with van der Waals surface area (Å²) in [6.07, 6.45) is 6.14.